The quantitative estimate of drug-likeness (QED) is 0.258. The molecule has 0 aliphatic carbocycles. The van der Waals surface area contributed by atoms with Crippen molar-refractivity contribution >= 4 is 23.8 Å². The van der Waals surface area contributed by atoms with Gasteiger partial charge in [0.25, 0.3) is 0 Å². The van der Waals surface area contributed by atoms with E-state index >= 15 is 0 Å². The van der Waals surface area contributed by atoms with Crippen molar-refractivity contribution in [3.8, 4) is 28.7 Å². The summed E-state index contributed by atoms with van der Waals surface area (Å²) in [6.45, 7) is 1.69. The van der Waals surface area contributed by atoms with Crippen molar-refractivity contribution < 1.29 is 42.8 Å². The minimum absolute atomic E-state index is 0.108. The average Bonchev–Trinajstić information content (AvgIpc) is 3.24. The van der Waals surface area contributed by atoms with Gasteiger partial charge >= 0.3 is 11.9 Å². The molecule has 0 bridgehead atoms. The first kappa shape index (κ1) is 25.3. The number of ether oxygens (including phenoxy) is 6. The standard InChI is InChI=1S/C28H24O9/c1-15-20(37-28(31)18-13-22(32-2)26(34-4)23(14-18)33-3)11-10-19-24(29)21(36-25(15)19)12-16-6-8-17(9-7-16)27(30)35-5/h6-14H,1-5H3/b21-12-. The van der Waals surface area contributed by atoms with E-state index in [1.54, 1.807) is 49.4 Å². The number of hydrogen-bond acceptors (Lipinski definition) is 9. The Morgan fingerprint density at radius 3 is 2.00 bits per heavy atom. The lowest BCUT2D eigenvalue weighted by Crippen LogP contribution is -2.10. The van der Waals surface area contributed by atoms with Crippen LogP contribution in [0.1, 0.15) is 42.2 Å². The number of rotatable bonds is 7. The third-order valence-corrected chi connectivity index (χ3v) is 5.77. The summed E-state index contributed by atoms with van der Waals surface area (Å²) in [4.78, 5) is 37.5. The Hall–Kier alpha value is -4.79. The second-order valence-corrected chi connectivity index (χ2v) is 7.92. The van der Waals surface area contributed by atoms with Crippen LogP contribution in [0.2, 0.25) is 0 Å². The summed E-state index contributed by atoms with van der Waals surface area (Å²) in [6.07, 6.45) is 1.57. The third kappa shape index (κ3) is 4.84. The minimum Gasteiger partial charge on any atom is -0.493 e. The Kier molecular flexibility index (Phi) is 7.15. The van der Waals surface area contributed by atoms with E-state index in [2.05, 4.69) is 0 Å². The van der Waals surface area contributed by atoms with Gasteiger partial charge in [0, 0.05) is 5.56 Å². The molecule has 3 aromatic carbocycles. The van der Waals surface area contributed by atoms with Gasteiger partial charge in [-0.3, -0.25) is 4.79 Å². The average molecular weight is 504 g/mol. The van der Waals surface area contributed by atoms with E-state index in [9.17, 15) is 14.4 Å². The number of carbonyl (C=O) groups excluding carboxylic acids is 3. The summed E-state index contributed by atoms with van der Waals surface area (Å²) < 4.78 is 32.1. The summed E-state index contributed by atoms with van der Waals surface area (Å²) in [5, 5.41) is 0. The second kappa shape index (κ2) is 10.4. The van der Waals surface area contributed by atoms with Crippen LogP contribution in [0.15, 0.2) is 54.3 Å². The molecule has 4 rings (SSSR count). The molecule has 37 heavy (non-hydrogen) atoms. The molecule has 0 N–H and O–H groups in total. The highest BCUT2D eigenvalue weighted by Gasteiger charge is 2.31. The van der Waals surface area contributed by atoms with E-state index in [0.29, 0.717) is 45.3 Å². The van der Waals surface area contributed by atoms with Gasteiger partial charge in [-0.2, -0.15) is 0 Å². The lowest BCUT2D eigenvalue weighted by Gasteiger charge is -2.14. The molecule has 0 radical (unpaired) electrons. The van der Waals surface area contributed by atoms with Crippen molar-refractivity contribution in [3.05, 3.63) is 82.1 Å². The smallest absolute Gasteiger partial charge is 0.343 e. The molecule has 0 fully saturated rings. The van der Waals surface area contributed by atoms with Crippen LogP contribution >= 0.6 is 0 Å². The Morgan fingerprint density at radius 2 is 1.43 bits per heavy atom. The number of carbonyl (C=O) groups is 3. The van der Waals surface area contributed by atoms with Gasteiger partial charge in [0.1, 0.15) is 11.5 Å². The molecule has 9 heteroatoms. The van der Waals surface area contributed by atoms with E-state index in [4.69, 9.17) is 28.4 Å². The van der Waals surface area contributed by atoms with Crippen LogP contribution in [0.3, 0.4) is 0 Å². The topological polar surface area (TPSA) is 107 Å². The van der Waals surface area contributed by atoms with Crippen LogP contribution in [0.5, 0.6) is 28.7 Å². The van der Waals surface area contributed by atoms with Crippen LogP contribution in [0.4, 0.5) is 0 Å². The lowest BCUT2D eigenvalue weighted by atomic mass is 10.1. The monoisotopic (exact) mass is 504 g/mol. The minimum atomic E-state index is -0.659. The van der Waals surface area contributed by atoms with Crippen molar-refractivity contribution in [2.24, 2.45) is 0 Å². The van der Waals surface area contributed by atoms with Gasteiger partial charge < -0.3 is 28.4 Å². The first-order valence-corrected chi connectivity index (χ1v) is 11.1. The molecule has 0 atom stereocenters. The number of Topliss-reactive ketones (excluding diaryl/α,β-unsaturated/α-hetero) is 1. The van der Waals surface area contributed by atoms with Gasteiger partial charge in [0.05, 0.1) is 45.1 Å². The van der Waals surface area contributed by atoms with Gasteiger partial charge in [0.15, 0.2) is 17.3 Å². The zero-order chi connectivity index (χ0) is 26.7. The molecule has 0 saturated heterocycles. The Labute approximate surface area is 213 Å². The molecule has 9 nitrogen and oxygen atoms in total. The van der Waals surface area contributed by atoms with Crippen molar-refractivity contribution in [2.75, 3.05) is 28.4 Å². The van der Waals surface area contributed by atoms with Crippen molar-refractivity contribution in [1.29, 1.82) is 0 Å². The number of fused-ring (bicyclic) bond motifs is 1. The third-order valence-electron chi connectivity index (χ3n) is 5.77. The highest BCUT2D eigenvalue weighted by Crippen LogP contribution is 2.41. The largest absolute Gasteiger partial charge is 0.493 e. The van der Waals surface area contributed by atoms with E-state index < -0.39 is 11.9 Å². The van der Waals surface area contributed by atoms with E-state index in [1.807, 2.05) is 0 Å². The molecule has 0 unspecified atom stereocenters. The molecule has 1 aliphatic rings. The highest BCUT2D eigenvalue weighted by molar-refractivity contribution is 6.15. The molecule has 1 aliphatic heterocycles. The number of allylic oxidation sites excluding steroid dienone is 1. The zero-order valence-electron chi connectivity index (χ0n) is 20.9. The number of ketones is 1. The molecule has 0 aromatic heterocycles. The van der Waals surface area contributed by atoms with Crippen LogP contribution in [-0.2, 0) is 4.74 Å². The SMILES string of the molecule is COC(=O)c1ccc(/C=C2\Oc3c(ccc(OC(=O)c4cc(OC)c(OC)c(OC)c4)c3C)C2=O)cc1. The van der Waals surface area contributed by atoms with E-state index in [-0.39, 0.29) is 22.9 Å². The van der Waals surface area contributed by atoms with Crippen LogP contribution < -0.4 is 23.7 Å². The lowest BCUT2D eigenvalue weighted by molar-refractivity contribution is 0.0600. The van der Waals surface area contributed by atoms with Crippen LogP contribution in [0.25, 0.3) is 6.08 Å². The van der Waals surface area contributed by atoms with Crippen LogP contribution in [-0.4, -0.2) is 46.2 Å². The second-order valence-electron chi connectivity index (χ2n) is 7.92. The molecular formula is C28H24O9. The zero-order valence-corrected chi connectivity index (χ0v) is 20.9. The number of methoxy groups -OCH3 is 4. The van der Waals surface area contributed by atoms with Gasteiger partial charge in [-0.1, -0.05) is 12.1 Å². The predicted octanol–water partition coefficient (Wildman–Crippen LogP) is 4.64. The Bertz CT molecular complexity index is 1390. The highest BCUT2D eigenvalue weighted by atomic mass is 16.5. The number of benzene rings is 3. The van der Waals surface area contributed by atoms with Gasteiger partial charge in [-0.15, -0.1) is 0 Å². The molecule has 0 saturated carbocycles. The maximum absolute atomic E-state index is 12.9. The van der Waals surface area contributed by atoms with Gasteiger partial charge in [-0.05, 0) is 55.0 Å². The van der Waals surface area contributed by atoms with Crippen LogP contribution in [0, 0.1) is 6.92 Å². The van der Waals surface area contributed by atoms with Crippen molar-refractivity contribution in [3.63, 3.8) is 0 Å². The summed E-state index contributed by atoms with van der Waals surface area (Å²) in [5.41, 5.74) is 2.07. The molecule has 3 aromatic rings. The number of esters is 2. The molecular weight excluding hydrogens is 480 g/mol. The summed E-state index contributed by atoms with van der Waals surface area (Å²) >= 11 is 0. The van der Waals surface area contributed by atoms with Gasteiger partial charge in [-0.25, -0.2) is 9.59 Å². The summed E-state index contributed by atoms with van der Waals surface area (Å²) in [6, 6.07) is 12.6. The summed E-state index contributed by atoms with van der Waals surface area (Å²) in [5.74, 6) is 0.186. The molecule has 190 valence electrons. The molecule has 0 spiro atoms. The molecule has 0 amide bonds. The number of hydrogen-bond donors (Lipinski definition) is 0. The molecule has 1 heterocycles. The van der Waals surface area contributed by atoms with E-state index in [0.717, 1.165) is 0 Å². The first-order valence-electron chi connectivity index (χ1n) is 11.1. The normalized spacial score (nSPS) is 13.0. The van der Waals surface area contributed by atoms with E-state index in [1.165, 1.54) is 40.6 Å². The Morgan fingerprint density at radius 1 is 0.784 bits per heavy atom. The van der Waals surface area contributed by atoms with Crippen molar-refractivity contribution in [2.45, 2.75) is 6.92 Å². The fraction of sp³-hybridized carbons (Fsp3) is 0.179. The first-order chi connectivity index (χ1) is 17.8. The fourth-order valence-corrected chi connectivity index (χ4v) is 3.82. The maximum Gasteiger partial charge on any atom is 0.343 e. The predicted molar refractivity (Wildman–Crippen MR) is 133 cm³/mol. The maximum atomic E-state index is 12.9. The Balaban J connectivity index is 1.58. The van der Waals surface area contributed by atoms with Gasteiger partial charge in [0.2, 0.25) is 11.5 Å². The van der Waals surface area contributed by atoms with Crippen molar-refractivity contribution in [1.82, 2.24) is 0 Å². The fourth-order valence-electron chi connectivity index (χ4n) is 3.82. The summed E-state index contributed by atoms with van der Waals surface area (Å²) in [7, 11) is 5.67.